The lowest BCUT2D eigenvalue weighted by molar-refractivity contribution is 0.0991. The van der Waals surface area contributed by atoms with Gasteiger partial charge in [0.1, 0.15) is 0 Å². The Bertz CT molecular complexity index is 634. The number of hydrogen-bond acceptors (Lipinski definition) is 1. The van der Waals surface area contributed by atoms with Crippen molar-refractivity contribution in [2.75, 3.05) is 0 Å². The maximum Gasteiger partial charge on any atom is 0.164 e. The number of Topliss-reactive ketones (excluding diaryl/α,β-unsaturated/α-hetero) is 1. The van der Waals surface area contributed by atoms with E-state index in [2.05, 4.69) is 0 Å². The lowest BCUT2D eigenvalue weighted by atomic mass is 9.93. The van der Waals surface area contributed by atoms with Crippen LogP contribution >= 0.6 is 23.2 Å². The zero-order valence-corrected chi connectivity index (χ0v) is 11.0. The average molecular weight is 277 g/mol. The molecule has 0 N–H and O–H groups in total. The van der Waals surface area contributed by atoms with Crippen molar-refractivity contribution in [3.63, 3.8) is 0 Å². The van der Waals surface area contributed by atoms with E-state index in [4.69, 9.17) is 23.2 Å². The molecule has 90 valence electrons. The summed E-state index contributed by atoms with van der Waals surface area (Å²) in [5.74, 6) is 0.236. The van der Waals surface area contributed by atoms with Gasteiger partial charge < -0.3 is 0 Å². The van der Waals surface area contributed by atoms with Crippen LogP contribution in [-0.2, 0) is 0 Å². The van der Waals surface area contributed by atoms with E-state index >= 15 is 0 Å². The van der Waals surface area contributed by atoms with Crippen molar-refractivity contribution < 1.29 is 4.79 Å². The summed E-state index contributed by atoms with van der Waals surface area (Å²) in [4.78, 5) is 12.0. The Morgan fingerprint density at radius 2 is 1.78 bits per heavy atom. The molecule has 2 aromatic carbocycles. The molecule has 0 heterocycles. The second kappa shape index (κ2) is 4.42. The number of carbonyl (C=O) groups excluding carboxylic acids is 1. The quantitative estimate of drug-likeness (QED) is 0.737. The SMILES string of the molecule is O=C1C[C@@H](c2ccc(Cl)cc2Cl)c2ccccc21. The smallest absolute Gasteiger partial charge is 0.164 e. The van der Waals surface area contributed by atoms with Gasteiger partial charge in [-0.05, 0) is 23.3 Å². The van der Waals surface area contributed by atoms with Crippen LogP contribution in [0.15, 0.2) is 42.5 Å². The Balaban J connectivity index is 2.12. The van der Waals surface area contributed by atoms with E-state index in [1.165, 1.54) is 0 Å². The Hall–Kier alpha value is -1.31. The molecule has 3 heteroatoms. The molecule has 0 unspecified atom stereocenters. The lowest BCUT2D eigenvalue weighted by Crippen LogP contribution is -1.97. The third-order valence-electron chi connectivity index (χ3n) is 3.36. The molecule has 0 aliphatic heterocycles. The Kier molecular flexibility index (Phi) is 2.89. The molecule has 1 aliphatic carbocycles. The molecule has 3 rings (SSSR count). The van der Waals surface area contributed by atoms with Gasteiger partial charge in [0.05, 0.1) is 0 Å². The Morgan fingerprint density at radius 1 is 1.00 bits per heavy atom. The zero-order valence-electron chi connectivity index (χ0n) is 9.49. The summed E-state index contributed by atoms with van der Waals surface area (Å²) in [6, 6.07) is 13.2. The first kappa shape index (κ1) is 11.8. The molecule has 0 fully saturated rings. The Morgan fingerprint density at radius 3 is 2.56 bits per heavy atom. The third-order valence-corrected chi connectivity index (χ3v) is 3.93. The highest BCUT2D eigenvalue weighted by molar-refractivity contribution is 6.35. The van der Waals surface area contributed by atoms with Gasteiger partial charge in [0, 0.05) is 27.9 Å². The molecule has 0 spiro atoms. The number of fused-ring (bicyclic) bond motifs is 1. The first-order chi connectivity index (χ1) is 8.66. The normalized spacial score (nSPS) is 17.9. The highest BCUT2D eigenvalue weighted by Crippen LogP contribution is 2.41. The minimum Gasteiger partial charge on any atom is -0.294 e. The maximum atomic E-state index is 12.0. The molecular formula is C15H10Cl2O. The first-order valence-corrected chi connectivity index (χ1v) is 6.49. The van der Waals surface area contributed by atoms with Crippen LogP contribution in [0.25, 0.3) is 0 Å². The second-order valence-electron chi connectivity index (χ2n) is 4.43. The van der Waals surface area contributed by atoms with Gasteiger partial charge in [-0.15, -0.1) is 0 Å². The van der Waals surface area contributed by atoms with Gasteiger partial charge in [-0.1, -0.05) is 53.5 Å². The van der Waals surface area contributed by atoms with Gasteiger partial charge >= 0.3 is 0 Å². The number of ketones is 1. The van der Waals surface area contributed by atoms with Gasteiger partial charge in [-0.3, -0.25) is 4.79 Å². The van der Waals surface area contributed by atoms with E-state index in [1.54, 1.807) is 6.07 Å². The van der Waals surface area contributed by atoms with E-state index < -0.39 is 0 Å². The van der Waals surface area contributed by atoms with Crippen LogP contribution in [0.4, 0.5) is 0 Å². The molecule has 0 saturated carbocycles. The number of halogens is 2. The van der Waals surface area contributed by atoms with Crippen LogP contribution < -0.4 is 0 Å². The van der Waals surface area contributed by atoms with Crippen molar-refractivity contribution in [2.45, 2.75) is 12.3 Å². The van der Waals surface area contributed by atoms with E-state index in [0.29, 0.717) is 16.5 Å². The van der Waals surface area contributed by atoms with Gasteiger partial charge in [0.2, 0.25) is 0 Å². The van der Waals surface area contributed by atoms with Crippen LogP contribution in [0, 0.1) is 0 Å². The summed E-state index contributed by atoms with van der Waals surface area (Å²) in [7, 11) is 0. The third kappa shape index (κ3) is 1.84. The van der Waals surface area contributed by atoms with Crippen molar-refractivity contribution in [3.05, 3.63) is 69.2 Å². The number of hydrogen-bond donors (Lipinski definition) is 0. The summed E-state index contributed by atoms with van der Waals surface area (Å²) in [5, 5.41) is 1.23. The maximum absolute atomic E-state index is 12.0. The first-order valence-electron chi connectivity index (χ1n) is 5.74. The van der Waals surface area contributed by atoms with Gasteiger partial charge in [-0.2, -0.15) is 0 Å². The largest absolute Gasteiger partial charge is 0.294 e. The highest BCUT2D eigenvalue weighted by atomic mass is 35.5. The molecule has 0 amide bonds. The van der Waals surface area contributed by atoms with E-state index in [0.717, 1.165) is 16.7 Å². The van der Waals surface area contributed by atoms with Crippen LogP contribution in [0.3, 0.4) is 0 Å². The minimum absolute atomic E-state index is 0.0541. The lowest BCUT2D eigenvalue weighted by Gasteiger charge is -2.13. The van der Waals surface area contributed by atoms with Gasteiger partial charge in [-0.25, -0.2) is 0 Å². The fourth-order valence-corrected chi connectivity index (χ4v) is 3.06. The summed E-state index contributed by atoms with van der Waals surface area (Å²) < 4.78 is 0. The molecule has 1 atom stereocenters. The molecule has 18 heavy (non-hydrogen) atoms. The molecule has 0 aromatic heterocycles. The van der Waals surface area contributed by atoms with Crippen LogP contribution in [0.1, 0.15) is 33.8 Å². The summed E-state index contributed by atoms with van der Waals surface area (Å²) in [6.07, 6.45) is 0.487. The van der Waals surface area contributed by atoms with E-state index in [-0.39, 0.29) is 11.7 Å². The fourth-order valence-electron chi connectivity index (χ4n) is 2.52. The van der Waals surface area contributed by atoms with E-state index in [1.807, 2.05) is 36.4 Å². The van der Waals surface area contributed by atoms with Crippen molar-refractivity contribution in [1.29, 1.82) is 0 Å². The summed E-state index contributed by atoms with van der Waals surface area (Å²) in [6.45, 7) is 0. The predicted molar refractivity (Wildman–Crippen MR) is 73.7 cm³/mol. The van der Waals surface area contributed by atoms with Crippen LogP contribution in [0.5, 0.6) is 0 Å². The predicted octanol–water partition coefficient (Wildman–Crippen LogP) is 4.71. The molecule has 1 aliphatic rings. The van der Waals surface area contributed by atoms with Crippen LogP contribution in [0.2, 0.25) is 10.0 Å². The van der Waals surface area contributed by atoms with Crippen molar-refractivity contribution in [2.24, 2.45) is 0 Å². The monoisotopic (exact) mass is 276 g/mol. The highest BCUT2D eigenvalue weighted by Gasteiger charge is 2.31. The zero-order chi connectivity index (χ0) is 12.7. The Labute approximate surface area is 115 Å². The number of carbonyl (C=O) groups is 1. The van der Waals surface area contributed by atoms with E-state index in [9.17, 15) is 4.79 Å². The molecule has 0 saturated heterocycles. The average Bonchev–Trinajstić information content (AvgIpc) is 2.68. The summed E-state index contributed by atoms with van der Waals surface area (Å²) >= 11 is 12.1. The fraction of sp³-hybridized carbons (Fsp3) is 0.133. The van der Waals surface area contributed by atoms with Crippen molar-refractivity contribution in [3.8, 4) is 0 Å². The second-order valence-corrected chi connectivity index (χ2v) is 5.28. The van der Waals surface area contributed by atoms with Crippen molar-refractivity contribution in [1.82, 2.24) is 0 Å². The van der Waals surface area contributed by atoms with Crippen molar-refractivity contribution >= 4 is 29.0 Å². The molecule has 2 aromatic rings. The molecule has 0 bridgehead atoms. The number of rotatable bonds is 1. The molecule has 0 radical (unpaired) electrons. The minimum atomic E-state index is 0.0541. The molecular weight excluding hydrogens is 267 g/mol. The summed E-state index contributed by atoms with van der Waals surface area (Å²) in [5.41, 5.74) is 2.85. The van der Waals surface area contributed by atoms with Crippen LogP contribution in [-0.4, -0.2) is 5.78 Å². The van der Waals surface area contributed by atoms with Gasteiger partial charge in [0.15, 0.2) is 5.78 Å². The topological polar surface area (TPSA) is 17.1 Å². The van der Waals surface area contributed by atoms with Gasteiger partial charge in [0.25, 0.3) is 0 Å². The molecule has 1 nitrogen and oxygen atoms in total. The standard InChI is InChI=1S/C15H10Cl2O/c16-9-5-6-11(14(17)7-9)13-8-15(18)12-4-2-1-3-10(12)13/h1-7,13H,8H2/t13-/m1/s1. The number of benzene rings is 2.